The van der Waals surface area contributed by atoms with Crippen molar-refractivity contribution < 1.29 is 51.8 Å². The zero-order valence-corrected chi connectivity index (χ0v) is 44.1. The van der Waals surface area contributed by atoms with Crippen molar-refractivity contribution in [3.63, 3.8) is 0 Å². The predicted molar refractivity (Wildman–Crippen MR) is 276 cm³/mol. The maximum absolute atomic E-state index is 14.4. The third-order valence-corrected chi connectivity index (χ3v) is 16.0. The predicted octanol–water partition coefficient (Wildman–Crippen LogP) is 8.08. The van der Waals surface area contributed by atoms with Crippen molar-refractivity contribution >= 4 is 42.1 Å². The summed E-state index contributed by atoms with van der Waals surface area (Å²) in [6, 6.07) is 26.0. The first-order chi connectivity index (χ1) is 33.4. The molecule has 3 aromatic rings. The monoisotopic (exact) mass is 1020 g/mol. The summed E-state index contributed by atoms with van der Waals surface area (Å²) < 4.78 is 50.9. The van der Waals surface area contributed by atoms with Crippen molar-refractivity contribution in [1.29, 1.82) is 0 Å². The van der Waals surface area contributed by atoms with Gasteiger partial charge in [-0.2, -0.15) is 11.8 Å². The van der Waals surface area contributed by atoms with Crippen LogP contribution in [0.1, 0.15) is 82.9 Å². The number of unbranched alkanes of at least 4 members (excludes halogenated alkanes) is 2. The van der Waals surface area contributed by atoms with Gasteiger partial charge < -0.3 is 57.7 Å². The molecule has 5 rings (SSSR count). The van der Waals surface area contributed by atoms with Gasteiger partial charge in [0.1, 0.15) is 17.0 Å². The van der Waals surface area contributed by atoms with Crippen molar-refractivity contribution in [2.75, 3.05) is 106 Å². The van der Waals surface area contributed by atoms with Crippen LogP contribution < -0.4 is 25.2 Å². The van der Waals surface area contributed by atoms with Gasteiger partial charge in [0, 0.05) is 37.1 Å². The fourth-order valence-electron chi connectivity index (χ4n) is 8.50. The van der Waals surface area contributed by atoms with Gasteiger partial charge in [0.25, 0.3) is 6.64 Å². The highest BCUT2D eigenvalue weighted by Gasteiger charge is 2.57. The topological polar surface area (TPSA) is 157 Å². The van der Waals surface area contributed by atoms with E-state index in [1.54, 1.807) is 14.2 Å². The molecule has 15 nitrogen and oxygen atoms in total. The van der Waals surface area contributed by atoms with Gasteiger partial charge in [-0.3, -0.25) is 4.79 Å². The van der Waals surface area contributed by atoms with E-state index in [0.717, 1.165) is 66.0 Å². The second-order valence-corrected chi connectivity index (χ2v) is 22.2. The van der Waals surface area contributed by atoms with Gasteiger partial charge in [0.05, 0.1) is 98.0 Å². The SMILES string of the molecule is CCOCCOCCOCCOCCOCCNP(=S)(OCCCCCNC(=O)CCCC1SCC2C1NC(=O)N2C(c1ccccc1)(c1ccc(OC)cc1)c1ccc(OC)cc1)OC(C)(C)C. The van der Waals surface area contributed by atoms with Crippen molar-refractivity contribution in [1.82, 2.24) is 20.6 Å². The van der Waals surface area contributed by atoms with E-state index in [1.165, 1.54) is 0 Å². The summed E-state index contributed by atoms with van der Waals surface area (Å²) >= 11 is 7.73. The molecule has 4 unspecified atom stereocenters. The number of carbonyl (C=O) groups excluding carboxylic acids is 2. The molecule has 2 heterocycles. The standard InChI is InChI=1S/C51H77N4O11PS2/c1-7-60-31-32-62-35-36-64-38-37-63-34-33-61-30-28-53-67(68,66-50(2,3)4)65-29-13-9-12-27-52-47(56)18-14-17-46-48-45(39-69-46)55(49(57)54-48)51(40-15-10-8-11-16-40,41-19-23-43(58-5)24-20-41)42-21-25-44(59-6)26-22-42/h8,10-11,15-16,19-26,45-46,48H,7,9,12-14,17-18,27-39H2,1-6H3,(H,52,56)(H,53,68)(H,54,57). The molecule has 4 atom stereocenters. The van der Waals surface area contributed by atoms with Crippen molar-refractivity contribution in [2.24, 2.45) is 0 Å². The summed E-state index contributed by atoms with van der Waals surface area (Å²) in [5, 5.41) is 9.96. The number of urea groups is 1. The van der Waals surface area contributed by atoms with Crippen LogP contribution in [-0.2, 0) is 54.9 Å². The molecule has 3 amide bonds. The summed E-state index contributed by atoms with van der Waals surface area (Å²) in [6.07, 6.45) is 4.45. The zero-order chi connectivity index (χ0) is 49.4. The van der Waals surface area contributed by atoms with Crippen LogP contribution in [0.2, 0.25) is 0 Å². The quantitative estimate of drug-likeness (QED) is 0.0225. The summed E-state index contributed by atoms with van der Waals surface area (Å²) in [5.74, 6) is 2.29. The summed E-state index contributed by atoms with van der Waals surface area (Å²) in [4.78, 5) is 29.5. The van der Waals surface area contributed by atoms with Gasteiger partial charge in [-0.05, 0) is 113 Å². The Labute approximate surface area is 420 Å². The number of hydrogen-bond acceptors (Lipinski definition) is 13. The lowest BCUT2D eigenvalue weighted by molar-refractivity contribution is -0.121. The molecule has 2 aliphatic rings. The first-order valence-electron chi connectivity index (χ1n) is 24.4. The molecule has 0 aromatic heterocycles. The van der Waals surface area contributed by atoms with Crippen LogP contribution in [-0.4, -0.2) is 146 Å². The molecule has 0 saturated carbocycles. The molecule has 18 heteroatoms. The maximum atomic E-state index is 14.4. The molecule has 3 aromatic carbocycles. The van der Waals surface area contributed by atoms with Gasteiger partial charge >= 0.3 is 6.03 Å². The highest BCUT2D eigenvalue weighted by atomic mass is 32.5. The first-order valence-corrected chi connectivity index (χ1v) is 28.0. The molecule has 0 radical (unpaired) electrons. The van der Waals surface area contributed by atoms with Gasteiger partial charge in [0.2, 0.25) is 5.91 Å². The van der Waals surface area contributed by atoms with E-state index in [9.17, 15) is 9.59 Å². The van der Waals surface area contributed by atoms with Crippen LogP contribution >= 0.6 is 18.4 Å². The van der Waals surface area contributed by atoms with Crippen LogP contribution in [0.15, 0.2) is 78.9 Å². The minimum atomic E-state index is -2.76. The summed E-state index contributed by atoms with van der Waals surface area (Å²) in [6.45, 7) is 11.9. The average Bonchev–Trinajstić information content (AvgIpc) is 3.89. The van der Waals surface area contributed by atoms with Gasteiger partial charge in [-0.25, -0.2) is 9.88 Å². The normalized spacial score (nSPS) is 17.9. The fourth-order valence-corrected chi connectivity index (χ4v) is 12.9. The molecule has 0 bridgehead atoms. The zero-order valence-electron chi connectivity index (χ0n) is 41.6. The van der Waals surface area contributed by atoms with E-state index < -0.39 is 17.8 Å². The average molecular weight is 1020 g/mol. The number of fused-ring (bicyclic) bond motifs is 1. The van der Waals surface area contributed by atoms with Crippen LogP contribution in [0.3, 0.4) is 0 Å². The molecule has 3 N–H and O–H groups in total. The van der Waals surface area contributed by atoms with E-state index in [-0.39, 0.29) is 29.3 Å². The van der Waals surface area contributed by atoms with Crippen LogP contribution in [0.4, 0.5) is 4.79 Å². The lowest BCUT2D eigenvalue weighted by Crippen LogP contribution is -2.53. The number of rotatable bonds is 35. The molecule has 0 spiro atoms. The number of amides is 3. The third kappa shape index (κ3) is 17.7. The molecule has 384 valence electrons. The van der Waals surface area contributed by atoms with Crippen LogP contribution in [0, 0.1) is 0 Å². The number of hydrogen-bond donors (Lipinski definition) is 3. The number of benzene rings is 3. The number of thioether (sulfide) groups is 1. The highest BCUT2D eigenvalue weighted by molar-refractivity contribution is 8.09. The number of methoxy groups -OCH3 is 2. The molecule has 2 aliphatic heterocycles. The number of nitrogens with one attached hydrogen (secondary N) is 3. The minimum absolute atomic E-state index is 0.0388. The van der Waals surface area contributed by atoms with E-state index >= 15 is 0 Å². The van der Waals surface area contributed by atoms with Gasteiger partial charge in [-0.1, -0.05) is 54.6 Å². The second-order valence-electron chi connectivity index (χ2n) is 17.7. The fraction of sp³-hybridized carbons (Fsp3) is 0.608. The molecule has 2 fully saturated rings. The van der Waals surface area contributed by atoms with E-state index in [0.29, 0.717) is 92.2 Å². The smallest absolute Gasteiger partial charge is 0.319 e. The van der Waals surface area contributed by atoms with Crippen LogP contribution in [0.5, 0.6) is 11.5 Å². The Hall–Kier alpha value is -3.32. The molecular weight excluding hydrogens is 940 g/mol. The molecule has 2 saturated heterocycles. The molecule has 69 heavy (non-hydrogen) atoms. The van der Waals surface area contributed by atoms with Gasteiger partial charge in [-0.15, -0.1) is 0 Å². The Bertz CT molecular complexity index is 1930. The van der Waals surface area contributed by atoms with Crippen molar-refractivity contribution in [3.8, 4) is 11.5 Å². The number of carbonyl (C=O) groups is 2. The lowest BCUT2D eigenvalue weighted by Gasteiger charge is -2.45. The van der Waals surface area contributed by atoms with E-state index in [4.69, 9.17) is 54.0 Å². The summed E-state index contributed by atoms with van der Waals surface area (Å²) in [7, 11) is 3.31. The van der Waals surface area contributed by atoms with Crippen molar-refractivity contribution in [3.05, 3.63) is 95.6 Å². The number of ether oxygens (including phenoxy) is 7. The number of nitrogens with zero attached hydrogens (tertiary/aromatic N) is 1. The Kier molecular flexibility index (Phi) is 24.5. The Morgan fingerprint density at radius 2 is 1.28 bits per heavy atom. The van der Waals surface area contributed by atoms with E-state index in [2.05, 4.69) is 57.0 Å². The Morgan fingerprint density at radius 1 is 0.725 bits per heavy atom. The Morgan fingerprint density at radius 3 is 1.83 bits per heavy atom. The Balaban J connectivity index is 1.00. The molecular formula is C51H77N4O11PS2. The second kappa shape index (κ2) is 29.9. The van der Waals surface area contributed by atoms with E-state index in [1.807, 2.05) is 81.9 Å². The van der Waals surface area contributed by atoms with Gasteiger partial charge in [0.15, 0.2) is 0 Å². The largest absolute Gasteiger partial charge is 0.497 e. The van der Waals surface area contributed by atoms with Crippen LogP contribution in [0.25, 0.3) is 0 Å². The highest BCUT2D eigenvalue weighted by Crippen LogP contribution is 2.50. The maximum Gasteiger partial charge on any atom is 0.319 e. The first kappa shape index (κ1) is 56.6. The lowest BCUT2D eigenvalue weighted by atomic mass is 9.74. The minimum Gasteiger partial charge on any atom is -0.497 e. The van der Waals surface area contributed by atoms with Crippen molar-refractivity contribution in [2.45, 2.75) is 94.7 Å². The molecule has 0 aliphatic carbocycles. The third-order valence-electron chi connectivity index (χ3n) is 11.6. The summed E-state index contributed by atoms with van der Waals surface area (Å²) in [5.41, 5.74) is 1.47.